The van der Waals surface area contributed by atoms with E-state index >= 15 is 0 Å². The molecule has 0 aliphatic carbocycles. The topological polar surface area (TPSA) is 14.2 Å². The molecule has 4 aromatic rings. The molecule has 2 heterocycles. The van der Waals surface area contributed by atoms with Gasteiger partial charge in [0, 0.05) is 75.0 Å². The first-order chi connectivity index (χ1) is 17.5. The molecule has 38 heavy (non-hydrogen) atoms. The number of halogens is 2. The molecule has 6 heteroatoms. The van der Waals surface area contributed by atoms with Gasteiger partial charge in [-0.25, -0.2) is 9.13 Å². The van der Waals surface area contributed by atoms with Crippen LogP contribution in [0.4, 0.5) is 11.4 Å². The minimum absolute atomic E-state index is 0. The van der Waals surface area contributed by atoms with E-state index in [1.54, 1.807) is 0 Å². The van der Waals surface area contributed by atoms with Gasteiger partial charge in [0.1, 0.15) is 0 Å². The van der Waals surface area contributed by atoms with Crippen molar-refractivity contribution >= 4 is 11.4 Å². The number of pyridine rings is 2. The minimum Gasteiger partial charge on any atom is -1.00 e. The van der Waals surface area contributed by atoms with Gasteiger partial charge in [0.05, 0.1) is 0 Å². The lowest BCUT2D eigenvalue weighted by molar-refractivity contribution is -0.688. The standard InChI is InChI=1S/C32H40N4.2BrH/c1-33(2)31-17-21-35(22-18-31)25-29-13-9-27(10-14-29)7-5-6-8-28-11-15-30(16-12-28)26-36-23-19-32(20-24-36)34(3)4;;/h9-24H,5-8,25-26H2,1-4H3;2*1H/q+2;;/p-2. The molecule has 0 N–H and O–H groups in total. The van der Waals surface area contributed by atoms with E-state index in [1.807, 2.05) is 0 Å². The molecule has 0 amide bonds. The van der Waals surface area contributed by atoms with Crippen LogP contribution in [0.2, 0.25) is 0 Å². The fraction of sp³-hybridized carbons (Fsp3) is 0.312. The molecule has 0 radical (unpaired) electrons. The van der Waals surface area contributed by atoms with E-state index in [0.29, 0.717) is 0 Å². The third kappa shape index (κ3) is 9.55. The quantitative estimate of drug-likeness (QED) is 0.156. The highest BCUT2D eigenvalue weighted by atomic mass is 79.9. The third-order valence-corrected chi connectivity index (χ3v) is 6.74. The average molecular weight is 641 g/mol. The van der Waals surface area contributed by atoms with E-state index in [-0.39, 0.29) is 34.0 Å². The lowest BCUT2D eigenvalue weighted by Gasteiger charge is -2.10. The number of unbranched alkanes of at least 4 members (excludes halogenated alkanes) is 1. The van der Waals surface area contributed by atoms with Crippen LogP contribution in [0, 0.1) is 0 Å². The number of aryl methyl sites for hydroxylation is 2. The van der Waals surface area contributed by atoms with Crippen molar-refractivity contribution in [3.63, 3.8) is 0 Å². The largest absolute Gasteiger partial charge is 1.00 e. The van der Waals surface area contributed by atoms with E-state index in [2.05, 4.69) is 145 Å². The Labute approximate surface area is 250 Å². The second-order valence-electron chi connectivity index (χ2n) is 10.1. The van der Waals surface area contributed by atoms with Gasteiger partial charge in [-0.3, -0.25) is 0 Å². The number of anilines is 2. The van der Waals surface area contributed by atoms with Crippen molar-refractivity contribution in [2.24, 2.45) is 0 Å². The van der Waals surface area contributed by atoms with E-state index < -0.39 is 0 Å². The number of benzene rings is 2. The highest BCUT2D eigenvalue weighted by Crippen LogP contribution is 2.13. The first-order valence-corrected chi connectivity index (χ1v) is 12.9. The molecule has 0 spiro atoms. The van der Waals surface area contributed by atoms with Crippen LogP contribution in [-0.4, -0.2) is 28.2 Å². The summed E-state index contributed by atoms with van der Waals surface area (Å²) >= 11 is 0. The molecule has 0 fully saturated rings. The summed E-state index contributed by atoms with van der Waals surface area (Å²) in [6.07, 6.45) is 13.3. The molecular weight excluding hydrogens is 600 g/mol. The Morgan fingerprint density at radius 2 is 0.737 bits per heavy atom. The van der Waals surface area contributed by atoms with E-state index in [1.165, 1.54) is 46.5 Å². The van der Waals surface area contributed by atoms with E-state index in [0.717, 1.165) is 25.9 Å². The maximum Gasteiger partial charge on any atom is 0.173 e. The van der Waals surface area contributed by atoms with Crippen molar-refractivity contribution in [2.75, 3.05) is 38.0 Å². The van der Waals surface area contributed by atoms with Gasteiger partial charge in [0.25, 0.3) is 0 Å². The van der Waals surface area contributed by atoms with Crippen LogP contribution in [-0.2, 0) is 25.9 Å². The summed E-state index contributed by atoms with van der Waals surface area (Å²) < 4.78 is 4.46. The van der Waals surface area contributed by atoms with Gasteiger partial charge in [0.15, 0.2) is 37.9 Å². The van der Waals surface area contributed by atoms with Gasteiger partial charge in [-0.1, -0.05) is 48.5 Å². The Bertz CT molecular complexity index is 1110. The number of hydrogen-bond acceptors (Lipinski definition) is 2. The molecule has 2 aromatic heterocycles. The Morgan fingerprint density at radius 1 is 0.447 bits per heavy atom. The van der Waals surface area contributed by atoms with Crippen LogP contribution in [0.5, 0.6) is 0 Å². The summed E-state index contributed by atoms with van der Waals surface area (Å²) in [5.74, 6) is 0. The van der Waals surface area contributed by atoms with Gasteiger partial charge in [-0.05, 0) is 36.8 Å². The molecule has 0 atom stereocenters. The molecule has 0 saturated carbocycles. The van der Waals surface area contributed by atoms with Crippen LogP contribution in [0.3, 0.4) is 0 Å². The molecule has 4 nitrogen and oxygen atoms in total. The minimum atomic E-state index is 0. The monoisotopic (exact) mass is 638 g/mol. The normalized spacial score (nSPS) is 10.3. The lowest BCUT2D eigenvalue weighted by atomic mass is 10.0. The van der Waals surface area contributed by atoms with E-state index in [4.69, 9.17) is 0 Å². The zero-order valence-electron chi connectivity index (χ0n) is 23.0. The van der Waals surface area contributed by atoms with Crippen LogP contribution in [0.1, 0.15) is 35.1 Å². The fourth-order valence-corrected chi connectivity index (χ4v) is 4.41. The van der Waals surface area contributed by atoms with Crippen molar-refractivity contribution in [3.05, 3.63) is 120 Å². The predicted octanol–water partition coefficient (Wildman–Crippen LogP) is -0.936. The van der Waals surface area contributed by atoms with Crippen LogP contribution in [0.15, 0.2) is 97.6 Å². The van der Waals surface area contributed by atoms with Gasteiger partial charge in [-0.15, -0.1) is 0 Å². The smallest absolute Gasteiger partial charge is 0.173 e. The number of rotatable bonds is 11. The molecule has 0 aliphatic rings. The maximum absolute atomic E-state index is 2.29. The zero-order valence-corrected chi connectivity index (χ0v) is 26.2. The molecule has 2 aromatic carbocycles. The number of hydrogen-bond donors (Lipinski definition) is 0. The molecule has 4 rings (SSSR count). The first kappa shape index (κ1) is 31.5. The summed E-state index contributed by atoms with van der Waals surface area (Å²) in [6.45, 7) is 1.81. The zero-order chi connectivity index (χ0) is 25.3. The first-order valence-electron chi connectivity index (χ1n) is 12.9. The van der Waals surface area contributed by atoms with Gasteiger partial charge < -0.3 is 43.8 Å². The number of nitrogens with zero attached hydrogens (tertiary/aromatic N) is 4. The summed E-state index contributed by atoms with van der Waals surface area (Å²) in [4.78, 5) is 4.25. The summed E-state index contributed by atoms with van der Waals surface area (Å²) in [7, 11) is 8.28. The van der Waals surface area contributed by atoms with Crippen molar-refractivity contribution in [1.82, 2.24) is 0 Å². The average Bonchev–Trinajstić information content (AvgIpc) is 2.89. The van der Waals surface area contributed by atoms with Crippen molar-refractivity contribution in [1.29, 1.82) is 0 Å². The van der Waals surface area contributed by atoms with Crippen molar-refractivity contribution in [3.8, 4) is 0 Å². The Kier molecular flexibility index (Phi) is 13.0. The number of aromatic nitrogens is 2. The Morgan fingerprint density at radius 3 is 1.03 bits per heavy atom. The van der Waals surface area contributed by atoms with Gasteiger partial charge in [0.2, 0.25) is 0 Å². The summed E-state index contributed by atoms with van der Waals surface area (Å²) in [6, 6.07) is 26.9. The predicted molar refractivity (Wildman–Crippen MR) is 150 cm³/mol. The lowest BCUT2D eigenvalue weighted by Crippen LogP contribution is -3.00. The second-order valence-corrected chi connectivity index (χ2v) is 10.1. The summed E-state index contributed by atoms with van der Waals surface area (Å²) in [5.41, 5.74) is 7.99. The van der Waals surface area contributed by atoms with Crippen molar-refractivity contribution in [2.45, 2.75) is 38.8 Å². The molecule has 202 valence electrons. The van der Waals surface area contributed by atoms with Crippen LogP contribution >= 0.6 is 0 Å². The van der Waals surface area contributed by atoms with Gasteiger partial charge >= 0.3 is 0 Å². The maximum atomic E-state index is 2.29. The highest BCUT2D eigenvalue weighted by molar-refractivity contribution is 5.42. The second kappa shape index (κ2) is 15.6. The molecule has 0 aliphatic heterocycles. The molecule has 0 saturated heterocycles. The Hall–Kier alpha value is -2.70. The molecule has 0 bridgehead atoms. The fourth-order valence-electron chi connectivity index (χ4n) is 4.41. The van der Waals surface area contributed by atoms with Crippen molar-refractivity contribution < 1.29 is 43.1 Å². The molecular formula is C32H40Br2N4. The van der Waals surface area contributed by atoms with Crippen LogP contribution < -0.4 is 52.9 Å². The van der Waals surface area contributed by atoms with E-state index in [9.17, 15) is 0 Å². The van der Waals surface area contributed by atoms with Crippen LogP contribution in [0.25, 0.3) is 0 Å². The third-order valence-electron chi connectivity index (χ3n) is 6.74. The highest BCUT2D eigenvalue weighted by Gasteiger charge is 2.06. The molecule has 0 unspecified atom stereocenters. The van der Waals surface area contributed by atoms with Gasteiger partial charge in [-0.2, -0.15) is 0 Å². The SMILES string of the molecule is CN(C)c1cc[n+](Cc2ccc(CCCCc3ccc(C[n+]4ccc(N(C)C)cc4)cc3)cc2)cc1.[Br-].[Br-]. The summed E-state index contributed by atoms with van der Waals surface area (Å²) in [5, 5.41) is 0. The Balaban J connectivity index is 0.00000253.